The summed E-state index contributed by atoms with van der Waals surface area (Å²) in [6.07, 6.45) is 0.850. The van der Waals surface area contributed by atoms with Crippen molar-refractivity contribution in [2.75, 3.05) is 42.4 Å². The van der Waals surface area contributed by atoms with Gasteiger partial charge in [-0.1, -0.05) is 6.92 Å². The molecule has 0 fully saturated rings. The van der Waals surface area contributed by atoms with E-state index < -0.39 is 5.41 Å². The number of carbonyl (C=O) groups excluding carboxylic acids is 2. The maximum Gasteiger partial charge on any atom is 0.255 e. The summed E-state index contributed by atoms with van der Waals surface area (Å²) in [7, 11) is 3.91. The smallest absolute Gasteiger partial charge is 0.255 e. The van der Waals surface area contributed by atoms with Crippen molar-refractivity contribution in [2.45, 2.75) is 27.2 Å². The number of anilines is 3. The van der Waals surface area contributed by atoms with Gasteiger partial charge in [-0.15, -0.1) is 0 Å². The van der Waals surface area contributed by atoms with Crippen molar-refractivity contribution in [3.8, 4) is 5.75 Å². The van der Waals surface area contributed by atoms with Crippen molar-refractivity contribution in [3.63, 3.8) is 0 Å². The van der Waals surface area contributed by atoms with Crippen LogP contribution in [0.4, 0.5) is 17.1 Å². The number of hydrogen-bond acceptors (Lipinski definition) is 4. The zero-order chi connectivity index (χ0) is 21.2. The molecule has 0 aliphatic carbocycles. The van der Waals surface area contributed by atoms with Gasteiger partial charge in [-0.25, -0.2) is 0 Å². The Kier molecular flexibility index (Phi) is 5.82. The number of carbonyl (C=O) groups is 2. The minimum absolute atomic E-state index is 0.0517. The Labute approximate surface area is 172 Å². The van der Waals surface area contributed by atoms with Crippen LogP contribution in [-0.4, -0.2) is 39.1 Å². The molecule has 2 amide bonds. The molecule has 154 valence electrons. The number of nitrogens with one attached hydrogen (secondary N) is 1. The Morgan fingerprint density at radius 1 is 1.17 bits per heavy atom. The van der Waals surface area contributed by atoms with Crippen LogP contribution in [0, 0.1) is 5.41 Å². The standard InChI is InChI=1S/C23H29N3O3/c1-6-13-26-19-12-9-17(14-20(19)29-15-23(2,3)22(26)28)24-21(27)16-7-10-18(11-8-16)25(4)5/h7-12,14H,6,13,15H2,1-5H3,(H,24,27). The van der Waals surface area contributed by atoms with E-state index >= 15 is 0 Å². The van der Waals surface area contributed by atoms with Gasteiger partial charge in [0.1, 0.15) is 12.4 Å². The van der Waals surface area contributed by atoms with E-state index in [1.54, 1.807) is 23.1 Å². The third kappa shape index (κ3) is 4.36. The lowest BCUT2D eigenvalue weighted by Gasteiger charge is -2.27. The van der Waals surface area contributed by atoms with Crippen molar-refractivity contribution in [3.05, 3.63) is 48.0 Å². The number of benzene rings is 2. The van der Waals surface area contributed by atoms with Crippen LogP contribution in [0.25, 0.3) is 0 Å². The second-order valence-corrected chi connectivity index (χ2v) is 8.21. The van der Waals surface area contributed by atoms with Gasteiger partial charge in [-0.05, 0) is 56.7 Å². The molecule has 6 nitrogen and oxygen atoms in total. The van der Waals surface area contributed by atoms with E-state index in [0.717, 1.165) is 17.8 Å². The van der Waals surface area contributed by atoms with Crippen molar-refractivity contribution in [1.29, 1.82) is 0 Å². The molecule has 0 saturated heterocycles. The van der Waals surface area contributed by atoms with Crippen LogP contribution in [0.1, 0.15) is 37.6 Å². The first kappa shape index (κ1) is 20.7. The molecule has 1 heterocycles. The molecule has 29 heavy (non-hydrogen) atoms. The zero-order valence-corrected chi connectivity index (χ0v) is 17.8. The third-order valence-corrected chi connectivity index (χ3v) is 5.01. The van der Waals surface area contributed by atoms with Gasteiger partial charge in [-0.3, -0.25) is 9.59 Å². The van der Waals surface area contributed by atoms with E-state index in [4.69, 9.17) is 4.74 Å². The van der Waals surface area contributed by atoms with Crippen LogP contribution >= 0.6 is 0 Å². The Hall–Kier alpha value is -3.02. The van der Waals surface area contributed by atoms with E-state index in [0.29, 0.717) is 30.2 Å². The minimum Gasteiger partial charge on any atom is -0.490 e. The van der Waals surface area contributed by atoms with Crippen molar-refractivity contribution < 1.29 is 14.3 Å². The van der Waals surface area contributed by atoms with Gasteiger partial charge in [0, 0.05) is 43.6 Å². The molecule has 0 radical (unpaired) electrons. The topological polar surface area (TPSA) is 61.9 Å². The molecule has 0 saturated carbocycles. The number of amides is 2. The zero-order valence-electron chi connectivity index (χ0n) is 17.8. The number of fused-ring (bicyclic) bond motifs is 1. The van der Waals surface area contributed by atoms with Crippen LogP contribution in [0.3, 0.4) is 0 Å². The van der Waals surface area contributed by atoms with Crippen LogP contribution in [0.5, 0.6) is 5.75 Å². The van der Waals surface area contributed by atoms with E-state index in [9.17, 15) is 9.59 Å². The Balaban J connectivity index is 1.84. The summed E-state index contributed by atoms with van der Waals surface area (Å²) >= 11 is 0. The molecule has 1 aliphatic heterocycles. The Morgan fingerprint density at radius 2 is 1.86 bits per heavy atom. The third-order valence-electron chi connectivity index (χ3n) is 5.01. The number of hydrogen-bond donors (Lipinski definition) is 1. The first-order valence-electron chi connectivity index (χ1n) is 9.90. The first-order chi connectivity index (χ1) is 13.7. The average Bonchev–Trinajstić information content (AvgIpc) is 2.78. The molecule has 0 spiro atoms. The van der Waals surface area contributed by atoms with E-state index in [2.05, 4.69) is 5.32 Å². The van der Waals surface area contributed by atoms with E-state index in [1.165, 1.54) is 0 Å². The van der Waals surface area contributed by atoms with Gasteiger partial charge in [0.15, 0.2) is 0 Å². The van der Waals surface area contributed by atoms with Gasteiger partial charge in [0.25, 0.3) is 5.91 Å². The van der Waals surface area contributed by atoms with Gasteiger partial charge in [0.05, 0.1) is 11.1 Å². The molecule has 3 rings (SSSR count). The highest BCUT2D eigenvalue weighted by Crippen LogP contribution is 2.38. The second kappa shape index (κ2) is 8.15. The summed E-state index contributed by atoms with van der Waals surface area (Å²) in [5.41, 5.74) is 2.38. The van der Waals surface area contributed by atoms with Gasteiger partial charge >= 0.3 is 0 Å². The molecule has 2 aromatic rings. The molecule has 6 heteroatoms. The number of rotatable bonds is 5. The predicted molar refractivity (Wildman–Crippen MR) is 117 cm³/mol. The van der Waals surface area contributed by atoms with Crippen molar-refractivity contribution in [2.24, 2.45) is 5.41 Å². The van der Waals surface area contributed by atoms with Gasteiger partial charge in [0.2, 0.25) is 5.91 Å². The number of ether oxygens (including phenoxy) is 1. The maximum atomic E-state index is 12.9. The lowest BCUT2D eigenvalue weighted by Crippen LogP contribution is -2.42. The fourth-order valence-electron chi connectivity index (χ4n) is 3.28. The largest absolute Gasteiger partial charge is 0.490 e. The normalized spacial score (nSPS) is 15.2. The summed E-state index contributed by atoms with van der Waals surface area (Å²) in [5.74, 6) is 0.472. The predicted octanol–water partition coefficient (Wildman–Crippen LogP) is 4.17. The molecular weight excluding hydrogens is 366 g/mol. The summed E-state index contributed by atoms with van der Waals surface area (Å²) < 4.78 is 5.96. The molecule has 1 aliphatic rings. The number of nitrogens with zero attached hydrogens (tertiary/aromatic N) is 2. The van der Waals surface area contributed by atoms with Crippen molar-refractivity contribution >= 4 is 28.9 Å². The summed E-state index contributed by atoms with van der Waals surface area (Å²) in [6, 6.07) is 12.9. The fourth-order valence-corrected chi connectivity index (χ4v) is 3.28. The Bertz CT molecular complexity index is 904. The van der Waals surface area contributed by atoms with E-state index in [-0.39, 0.29) is 11.8 Å². The summed E-state index contributed by atoms with van der Waals surface area (Å²) in [4.78, 5) is 29.3. The summed E-state index contributed by atoms with van der Waals surface area (Å²) in [5, 5.41) is 2.92. The van der Waals surface area contributed by atoms with Crippen molar-refractivity contribution in [1.82, 2.24) is 0 Å². The second-order valence-electron chi connectivity index (χ2n) is 8.21. The molecule has 0 unspecified atom stereocenters. The lowest BCUT2D eigenvalue weighted by atomic mass is 9.93. The highest BCUT2D eigenvalue weighted by atomic mass is 16.5. The maximum absolute atomic E-state index is 12.9. The molecular formula is C23H29N3O3. The van der Waals surface area contributed by atoms with Crippen LogP contribution in [0.15, 0.2) is 42.5 Å². The van der Waals surface area contributed by atoms with E-state index in [1.807, 2.05) is 64.0 Å². The molecule has 0 atom stereocenters. The highest BCUT2D eigenvalue weighted by Gasteiger charge is 2.37. The fraction of sp³-hybridized carbons (Fsp3) is 0.391. The lowest BCUT2D eigenvalue weighted by molar-refractivity contribution is -0.127. The molecule has 2 aromatic carbocycles. The quantitative estimate of drug-likeness (QED) is 0.826. The monoisotopic (exact) mass is 395 g/mol. The van der Waals surface area contributed by atoms with Crippen LogP contribution < -0.4 is 19.9 Å². The minimum atomic E-state index is -0.605. The highest BCUT2D eigenvalue weighted by molar-refractivity contribution is 6.05. The summed E-state index contributed by atoms with van der Waals surface area (Å²) in [6.45, 7) is 6.75. The average molecular weight is 396 g/mol. The first-order valence-corrected chi connectivity index (χ1v) is 9.90. The van der Waals surface area contributed by atoms with Gasteiger partial charge < -0.3 is 19.9 Å². The van der Waals surface area contributed by atoms with Crippen LogP contribution in [0.2, 0.25) is 0 Å². The van der Waals surface area contributed by atoms with Crippen LogP contribution in [-0.2, 0) is 4.79 Å². The molecule has 0 bridgehead atoms. The SMILES string of the molecule is CCCN1C(=O)C(C)(C)COc2cc(NC(=O)c3ccc(N(C)C)cc3)ccc21. The van der Waals surface area contributed by atoms with Gasteiger partial charge in [-0.2, -0.15) is 0 Å². The Morgan fingerprint density at radius 3 is 2.48 bits per heavy atom. The molecule has 0 aromatic heterocycles. The molecule has 1 N–H and O–H groups in total.